The Morgan fingerprint density at radius 3 is 2.72 bits per heavy atom. The van der Waals surface area contributed by atoms with Crippen molar-refractivity contribution in [3.05, 3.63) is 0 Å². The predicted molar refractivity (Wildman–Crippen MR) is 64.7 cm³/mol. The van der Waals surface area contributed by atoms with Crippen molar-refractivity contribution in [3.8, 4) is 0 Å². The normalized spacial score (nSPS) is 19.5. The van der Waals surface area contributed by atoms with Crippen molar-refractivity contribution in [1.82, 2.24) is 10.2 Å². The molecule has 1 heterocycles. The van der Waals surface area contributed by atoms with Gasteiger partial charge in [0.15, 0.2) is 0 Å². The van der Waals surface area contributed by atoms with E-state index in [4.69, 9.17) is 4.74 Å². The van der Waals surface area contributed by atoms with Gasteiger partial charge in [0.1, 0.15) is 0 Å². The molecule has 2 amide bonds. The van der Waals surface area contributed by atoms with Gasteiger partial charge in [-0.2, -0.15) is 0 Å². The lowest BCUT2D eigenvalue weighted by atomic mass is 9.99. The third-order valence-corrected chi connectivity index (χ3v) is 3.01. The van der Waals surface area contributed by atoms with Gasteiger partial charge in [0.05, 0.1) is 25.2 Å². The van der Waals surface area contributed by atoms with E-state index < -0.39 is 11.5 Å². The number of hydrogen-bond donors (Lipinski definition) is 1. The van der Waals surface area contributed by atoms with Crippen molar-refractivity contribution in [3.63, 3.8) is 0 Å². The predicted octanol–water partition coefficient (Wildman–Crippen LogP) is 0.0667. The molecule has 0 atom stereocenters. The van der Waals surface area contributed by atoms with Crippen LogP contribution >= 0.6 is 0 Å². The van der Waals surface area contributed by atoms with Crippen LogP contribution < -0.4 is 5.32 Å². The third kappa shape index (κ3) is 3.53. The largest absolute Gasteiger partial charge is 0.465 e. The molecule has 1 aliphatic rings. The van der Waals surface area contributed by atoms with Crippen molar-refractivity contribution in [2.24, 2.45) is 0 Å². The first-order valence-corrected chi connectivity index (χ1v) is 6.13. The Kier molecular flexibility index (Phi) is 4.84. The molecule has 6 nitrogen and oxygen atoms in total. The van der Waals surface area contributed by atoms with Crippen LogP contribution in [0.25, 0.3) is 0 Å². The van der Waals surface area contributed by atoms with Gasteiger partial charge in [0, 0.05) is 0 Å². The van der Waals surface area contributed by atoms with E-state index in [2.05, 4.69) is 5.32 Å². The molecule has 0 aromatic heterocycles. The maximum absolute atomic E-state index is 11.7. The fourth-order valence-corrected chi connectivity index (χ4v) is 1.62. The van der Waals surface area contributed by atoms with Crippen molar-refractivity contribution < 1.29 is 19.1 Å². The minimum atomic E-state index is -0.877. The molecule has 1 aliphatic heterocycles. The Labute approximate surface area is 107 Å². The number of imide groups is 1. The molecule has 6 heteroatoms. The van der Waals surface area contributed by atoms with Crippen molar-refractivity contribution >= 4 is 17.8 Å². The lowest BCUT2D eigenvalue weighted by molar-refractivity contribution is -0.152. The summed E-state index contributed by atoms with van der Waals surface area (Å²) in [4.78, 5) is 36.1. The van der Waals surface area contributed by atoms with E-state index in [0.717, 1.165) is 12.8 Å². The fraction of sp³-hybridized carbons (Fsp3) is 0.750. The van der Waals surface area contributed by atoms with Crippen LogP contribution in [0.5, 0.6) is 0 Å². The average Bonchev–Trinajstić information content (AvgIpc) is 2.26. The molecule has 1 saturated heterocycles. The van der Waals surface area contributed by atoms with Crippen LogP contribution in [0.1, 0.15) is 33.6 Å². The zero-order valence-corrected chi connectivity index (χ0v) is 11.1. The maximum atomic E-state index is 11.7. The summed E-state index contributed by atoms with van der Waals surface area (Å²) in [6, 6.07) is 0. The van der Waals surface area contributed by atoms with Gasteiger partial charge in [-0.3, -0.25) is 24.6 Å². The summed E-state index contributed by atoms with van der Waals surface area (Å²) in [6.45, 7) is 5.72. The molecule has 0 aromatic rings. The summed E-state index contributed by atoms with van der Waals surface area (Å²) < 4.78 is 5.03. The summed E-state index contributed by atoms with van der Waals surface area (Å²) in [7, 11) is 0. The quantitative estimate of drug-likeness (QED) is 0.428. The highest BCUT2D eigenvalue weighted by Gasteiger charge is 2.41. The number of hydrogen-bond acceptors (Lipinski definition) is 5. The summed E-state index contributed by atoms with van der Waals surface area (Å²) in [6.07, 6.45) is 1.76. The zero-order chi connectivity index (χ0) is 13.8. The second kappa shape index (κ2) is 5.95. The molecule has 0 radical (unpaired) electrons. The topological polar surface area (TPSA) is 75.7 Å². The van der Waals surface area contributed by atoms with Crippen LogP contribution in [-0.4, -0.2) is 47.9 Å². The Morgan fingerprint density at radius 2 is 2.11 bits per heavy atom. The van der Waals surface area contributed by atoms with Crippen LogP contribution in [0.2, 0.25) is 0 Å². The van der Waals surface area contributed by atoms with Gasteiger partial charge in [-0.15, -0.1) is 0 Å². The summed E-state index contributed by atoms with van der Waals surface area (Å²) >= 11 is 0. The highest BCUT2D eigenvalue weighted by Crippen LogP contribution is 2.17. The molecule has 102 valence electrons. The van der Waals surface area contributed by atoms with E-state index in [0.29, 0.717) is 6.61 Å². The number of unbranched alkanes of at least 4 members (excludes halogenated alkanes) is 1. The number of carbonyl (C=O) groups excluding carboxylic acids is 3. The molecule has 0 bridgehead atoms. The average molecular weight is 256 g/mol. The molecule has 0 aromatic carbocycles. The van der Waals surface area contributed by atoms with Crippen LogP contribution in [-0.2, 0) is 19.1 Å². The summed E-state index contributed by atoms with van der Waals surface area (Å²) in [5.74, 6) is -1.18. The molecule has 0 aliphatic carbocycles. The monoisotopic (exact) mass is 256 g/mol. The molecular weight excluding hydrogens is 236 g/mol. The first-order chi connectivity index (χ1) is 8.37. The number of ether oxygens (including phenoxy) is 1. The molecule has 0 unspecified atom stereocenters. The van der Waals surface area contributed by atoms with Gasteiger partial charge in [-0.1, -0.05) is 13.3 Å². The van der Waals surface area contributed by atoms with Crippen LogP contribution in [0, 0.1) is 0 Å². The Morgan fingerprint density at radius 1 is 1.44 bits per heavy atom. The standard InChI is InChI=1S/C12H20N2O4/c1-4-5-6-18-10(16)8-14-7-9(15)13-11(17)12(14,2)3/h4-8H2,1-3H3,(H,13,15,17). The molecular formula is C12H20N2O4. The summed E-state index contributed by atoms with van der Waals surface area (Å²) in [5.41, 5.74) is -0.877. The van der Waals surface area contributed by atoms with E-state index in [1.54, 1.807) is 13.8 Å². The van der Waals surface area contributed by atoms with Crippen molar-refractivity contribution in [2.45, 2.75) is 39.2 Å². The Balaban J connectivity index is 2.55. The van der Waals surface area contributed by atoms with Crippen LogP contribution in [0.3, 0.4) is 0 Å². The Hall–Kier alpha value is -1.43. The zero-order valence-electron chi connectivity index (χ0n) is 11.1. The first kappa shape index (κ1) is 14.6. The van der Waals surface area contributed by atoms with E-state index in [1.165, 1.54) is 4.90 Å². The van der Waals surface area contributed by atoms with E-state index in [-0.39, 0.29) is 24.9 Å². The highest BCUT2D eigenvalue weighted by atomic mass is 16.5. The molecule has 0 spiro atoms. The molecule has 1 rings (SSSR count). The first-order valence-electron chi connectivity index (χ1n) is 6.13. The van der Waals surface area contributed by atoms with Crippen molar-refractivity contribution in [2.75, 3.05) is 19.7 Å². The smallest absolute Gasteiger partial charge is 0.320 e. The number of rotatable bonds is 5. The number of piperazine rings is 1. The number of nitrogens with zero attached hydrogens (tertiary/aromatic N) is 1. The van der Waals surface area contributed by atoms with Gasteiger partial charge < -0.3 is 4.74 Å². The lowest BCUT2D eigenvalue weighted by Gasteiger charge is -2.39. The highest BCUT2D eigenvalue weighted by molar-refractivity contribution is 6.03. The van der Waals surface area contributed by atoms with Crippen LogP contribution in [0.4, 0.5) is 0 Å². The second-order valence-corrected chi connectivity index (χ2v) is 4.87. The third-order valence-electron chi connectivity index (χ3n) is 3.01. The molecule has 18 heavy (non-hydrogen) atoms. The SMILES string of the molecule is CCCCOC(=O)CN1CC(=O)NC(=O)C1(C)C. The van der Waals surface area contributed by atoms with Crippen molar-refractivity contribution in [1.29, 1.82) is 0 Å². The van der Waals surface area contributed by atoms with Gasteiger partial charge in [0.2, 0.25) is 11.8 Å². The number of esters is 1. The lowest BCUT2D eigenvalue weighted by Crippen LogP contribution is -2.64. The molecule has 1 N–H and O–H groups in total. The minimum absolute atomic E-state index is 0.0294. The van der Waals surface area contributed by atoms with Gasteiger partial charge >= 0.3 is 5.97 Å². The summed E-state index contributed by atoms with van der Waals surface area (Å²) in [5, 5.41) is 2.25. The van der Waals surface area contributed by atoms with Crippen LogP contribution in [0.15, 0.2) is 0 Å². The molecule has 0 saturated carbocycles. The Bertz CT molecular complexity index is 352. The van der Waals surface area contributed by atoms with Gasteiger partial charge in [-0.05, 0) is 20.3 Å². The number of nitrogens with one attached hydrogen (secondary N) is 1. The van der Waals surface area contributed by atoms with Gasteiger partial charge in [0.25, 0.3) is 0 Å². The van der Waals surface area contributed by atoms with E-state index in [1.807, 2.05) is 6.92 Å². The second-order valence-electron chi connectivity index (χ2n) is 4.87. The fourth-order valence-electron chi connectivity index (χ4n) is 1.62. The molecule has 1 fully saturated rings. The van der Waals surface area contributed by atoms with E-state index >= 15 is 0 Å². The maximum Gasteiger partial charge on any atom is 0.320 e. The minimum Gasteiger partial charge on any atom is -0.465 e. The number of amides is 2. The van der Waals surface area contributed by atoms with E-state index in [9.17, 15) is 14.4 Å². The number of carbonyl (C=O) groups is 3. The van der Waals surface area contributed by atoms with Gasteiger partial charge in [-0.25, -0.2) is 0 Å².